The molecule has 0 saturated carbocycles. The molecule has 0 heterocycles. The monoisotopic (exact) mass is 544 g/mol. The second kappa shape index (κ2) is 15.0. The third kappa shape index (κ3) is 9.38. The molecule has 0 aliphatic rings. The van der Waals surface area contributed by atoms with E-state index in [0.717, 1.165) is 5.56 Å². The number of carbonyl (C=O) groups excluding carboxylic acids is 3. The second-order valence-corrected chi connectivity index (χ2v) is 9.54. The van der Waals surface area contributed by atoms with E-state index in [9.17, 15) is 29.4 Å². The number of nitrogens with two attached hydrogens (primary N) is 1. The molecule has 206 valence electrons. The minimum absolute atomic E-state index is 0.00908. The quantitative estimate of drug-likeness (QED) is 0.174. The van der Waals surface area contributed by atoms with Gasteiger partial charge in [-0.05, 0) is 29.2 Å². The number of phenolic OH excluding ortho intramolecular Hbond substituents is 1. The lowest BCUT2D eigenvalue weighted by Gasteiger charge is -2.25. The van der Waals surface area contributed by atoms with Gasteiger partial charge in [0.05, 0.1) is 6.04 Å². The zero-order valence-electron chi connectivity index (χ0n) is 21.5. The van der Waals surface area contributed by atoms with Crippen LogP contribution in [0.15, 0.2) is 54.6 Å². The number of carbonyl (C=O) groups is 4. The number of carboxylic acid groups (broad SMARTS) is 1. The summed E-state index contributed by atoms with van der Waals surface area (Å²) in [4.78, 5) is 50.8. The molecular formula is C27H36N4O6S. The van der Waals surface area contributed by atoms with Gasteiger partial charge in [-0.15, -0.1) is 0 Å². The Balaban J connectivity index is 2.21. The number of nitrogens with one attached hydrogen (secondary N) is 3. The van der Waals surface area contributed by atoms with E-state index in [1.165, 1.54) is 12.1 Å². The number of benzene rings is 2. The predicted octanol–water partition coefficient (Wildman–Crippen LogP) is 1.02. The lowest BCUT2D eigenvalue weighted by atomic mass is 9.99. The normalized spacial score (nSPS) is 14.8. The van der Waals surface area contributed by atoms with Gasteiger partial charge in [-0.2, -0.15) is 12.6 Å². The van der Waals surface area contributed by atoms with E-state index in [2.05, 4.69) is 28.6 Å². The Morgan fingerprint density at radius 2 is 1.32 bits per heavy atom. The summed E-state index contributed by atoms with van der Waals surface area (Å²) in [6, 6.07) is 10.6. The average Bonchev–Trinajstić information content (AvgIpc) is 2.91. The van der Waals surface area contributed by atoms with Gasteiger partial charge in [0.25, 0.3) is 0 Å². The van der Waals surface area contributed by atoms with Crippen molar-refractivity contribution in [3.8, 4) is 5.75 Å². The summed E-state index contributed by atoms with van der Waals surface area (Å²) in [6.45, 7) is 3.72. The largest absolute Gasteiger partial charge is 0.508 e. The number of amides is 3. The molecule has 0 radical (unpaired) electrons. The van der Waals surface area contributed by atoms with Gasteiger partial charge in [0.1, 0.15) is 23.9 Å². The van der Waals surface area contributed by atoms with Crippen LogP contribution in [0.1, 0.15) is 31.4 Å². The van der Waals surface area contributed by atoms with E-state index in [4.69, 9.17) is 5.73 Å². The predicted molar refractivity (Wildman–Crippen MR) is 147 cm³/mol. The van der Waals surface area contributed by atoms with Gasteiger partial charge in [0.2, 0.25) is 17.7 Å². The Kier molecular flexibility index (Phi) is 12.1. The number of rotatable bonds is 14. The lowest BCUT2D eigenvalue weighted by Crippen LogP contribution is -2.58. The third-order valence-electron chi connectivity index (χ3n) is 6.28. The standard InChI is InChI=1S/C27H36N4O6S/c1-3-16(2)23(28)26(35)31-22(15-38)25(34)29-20(13-18-9-11-19(32)12-10-18)24(33)30-21(27(36)37)14-17-7-5-4-6-8-17/h4-12,16,20-23,32,38H,3,13-15,28H2,1-2H3,(H,29,34)(H,30,33)(H,31,35)(H,36,37). The van der Waals surface area contributed by atoms with Gasteiger partial charge in [-0.3, -0.25) is 14.4 Å². The van der Waals surface area contributed by atoms with Gasteiger partial charge in [0, 0.05) is 18.6 Å². The van der Waals surface area contributed by atoms with E-state index in [-0.39, 0.29) is 30.3 Å². The fourth-order valence-corrected chi connectivity index (χ4v) is 3.90. The van der Waals surface area contributed by atoms with Crippen LogP contribution in [0.4, 0.5) is 0 Å². The zero-order chi connectivity index (χ0) is 28.2. The molecule has 2 rings (SSSR count). The molecule has 3 amide bonds. The molecule has 7 N–H and O–H groups in total. The summed E-state index contributed by atoms with van der Waals surface area (Å²) >= 11 is 4.17. The Bertz CT molecular complexity index is 1080. The van der Waals surface area contributed by atoms with Gasteiger partial charge in [0.15, 0.2) is 0 Å². The fraction of sp³-hybridized carbons (Fsp3) is 0.407. The Hall–Kier alpha value is -3.57. The first-order valence-electron chi connectivity index (χ1n) is 12.4. The number of aromatic hydroxyl groups is 1. The molecule has 0 spiro atoms. The zero-order valence-corrected chi connectivity index (χ0v) is 22.4. The molecule has 0 aliphatic heterocycles. The summed E-state index contributed by atoms with van der Waals surface area (Å²) in [6.07, 6.45) is 0.731. The molecule has 11 heteroatoms. The van der Waals surface area contributed by atoms with Gasteiger partial charge in [-0.1, -0.05) is 62.7 Å². The van der Waals surface area contributed by atoms with Crippen molar-refractivity contribution in [2.45, 2.75) is 57.3 Å². The van der Waals surface area contributed by atoms with Crippen LogP contribution in [0.25, 0.3) is 0 Å². The first-order chi connectivity index (χ1) is 18.0. The van der Waals surface area contributed by atoms with Crippen LogP contribution in [0.2, 0.25) is 0 Å². The number of carboxylic acids is 1. The highest BCUT2D eigenvalue weighted by Gasteiger charge is 2.31. The highest BCUT2D eigenvalue weighted by molar-refractivity contribution is 7.80. The Morgan fingerprint density at radius 1 is 0.816 bits per heavy atom. The Labute approximate surface area is 227 Å². The molecule has 2 aromatic carbocycles. The van der Waals surface area contributed by atoms with Gasteiger partial charge >= 0.3 is 5.97 Å². The molecule has 0 bridgehead atoms. The molecule has 38 heavy (non-hydrogen) atoms. The lowest BCUT2D eigenvalue weighted by molar-refractivity contribution is -0.142. The maximum absolute atomic E-state index is 13.3. The highest BCUT2D eigenvalue weighted by Crippen LogP contribution is 2.13. The topological polar surface area (TPSA) is 171 Å². The van der Waals surface area contributed by atoms with Crippen molar-refractivity contribution in [2.24, 2.45) is 11.7 Å². The van der Waals surface area contributed by atoms with Crippen molar-refractivity contribution < 1.29 is 29.4 Å². The van der Waals surface area contributed by atoms with Crippen LogP contribution in [0.3, 0.4) is 0 Å². The van der Waals surface area contributed by atoms with Crippen LogP contribution in [-0.4, -0.2) is 63.8 Å². The van der Waals surface area contributed by atoms with Crippen molar-refractivity contribution in [1.82, 2.24) is 16.0 Å². The van der Waals surface area contributed by atoms with Crippen molar-refractivity contribution in [1.29, 1.82) is 0 Å². The average molecular weight is 545 g/mol. The molecular weight excluding hydrogens is 508 g/mol. The van der Waals surface area contributed by atoms with Crippen molar-refractivity contribution in [2.75, 3.05) is 5.75 Å². The first-order valence-corrected chi connectivity index (χ1v) is 13.0. The summed E-state index contributed by atoms with van der Waals surface area (Å²) in [5.41, 5.74) is 7.31. The molecule has 5 unspecified atom stereocenters. The minimum atomic E-state index is -1.24. The molecule has 5 atom stereocenters. The van der Waals surface area contributed by atoms with Crippen LogP contribution < -0.4 is 21.7 Å². The molecule has 0 aliphatic carbocycles. The first kappa shape index (κ1) is 30.7. The summed E-state index contributed by atoms with van der Waals surface area (Å²) in [5, 5.41) is 27.0. The number of thiol groups is 1. The SMILES string of the molecule is CCC(C)C(N)C(=O)NC(CS)C(=O)NC(Cc1ccc(O)cc1)C(=O)NC(Cc1ccccc1)C(=O)O. The van der Waals surface area contributed by atoms with Crippen LogP contribution in [0.5, 0.6) is 5.75 Å². The molecule has 10 nitrogen and oxygen atoms in total. The van der Waals surface area contributed by atoms with Crippen LogP contribution in [-0.2, 0) is 32.0 Å². The van der Waals surface area contributed by atoms with E-state index in [1.807, 2.05) is 13.8 Å². The molecule has 2 aromatic rings. The summed E-state index contributed by atoms with van der Waals surface area (Å²) in [5.74, 6) is -3.25. The number of hydrogen-bond acceptors (Lipinski definition) is 7. The maximum Gasteiger partial charge on any atom is 0.326 e. The smallest absolute Gasteiger partial charge is 0.326 e. The van der Waals surface area contributed by atoms with Crippen molar-refractivity contribution >= 4 is 36.3 Å². The van der Waals surface area contributed by atoms with Gasteiger partial charge < -0.3 is 31.9 Å². The van der Waals surface area contributed by atoms with Crippen molar-refractivity contribution in [3.63, 3.8) is 0 Å². The van der Waals surface area contributed by atoms with Crippen LogP contribution in [0, 0.1) is 5.92 Å². The maximum atomic E-state index is 13.3. The van der Waals surface area contributed by atoms with Crippen molar-refractivity contribution in [3.05, 3.63) is 65.7 Å². The summed E-state index contributed by atoms with van der Waals surface area (Å²) < 4.78 is 0. The number of phenols is 1. The Morgan fingerprint density at radius 3 is 1.87 bits per heavy atom. The van der Waals surface area contributed by atoms with E-state index >= 15 is 0 Å². The number of hydrogen-bond donors (Lipinski definition) is 7. The second-order valence-electron chi connectivity index (χ2n) is 9.18. The van der Waals surface area contributed by atoms with E-state index in [1.54, 1.807) is 42.5 Å². The van der Waals surface area contributed by atoms with Gasteiger partial charge in [-0.25, -0.2) is 4.79 Å². The highest BCUT2D eigenvalue weighted by atomic mass is 32.1. The molecule has 0 saturated heterocycles. The third-order valence-corrected chi connectivity index (χ3v) is 6.65. The van der Waals surface area contributed by atoms with E-state index < -0.39 is 47.9 Å². The van der Waals surface area contributed by atoms with E-state index in [0.29, 0.717) is 12.0 Å². The summed E-state index contributed by atoms with van der Waals surface area (Å²) in [7, 11) is 0. The van der Waals surface area contributed by atoms with Crippen LogP contribution >= 0.6 is 12.6 Å². The molecule has 0 fully saturated rings. The fourth-order valence-electron chi connectivity index (χ4n) is 3.65. The minimum Gasteiger partial charge on any atom is -0.508 e. The number of aliphatic carboxylic acids is 1. The molecule has 0 aromatic heterocycles.